The van der Waals surface area contributed by atoms with Gasteiger partial charge in [0.05, 0.1) is 18.8 Å². The van der Waals surface area contributed by atoms with E-state index in [2.05, 4.69) is 58.7 Å². The van der Waals surface area contributed by atoms with Gasteiger partial charge < -0.3 is 24.8 Å². The van der Waals surface area contributed by atoms with Gasteiger partial charge in [-0.25, -0.2) is 0 Å². The zero-order valence-corrected chi connectivity index (χ0v) is 25.9. The summed E-state index contributed by atoms with van der Waals surface area (Å²) in [6.07, 6.45) is 6.79. The maximum absolute atomic E-state index is 12.5. The number of nitrogens with one attached hydrogen (secondary N) is 1. The van der Waals surface area contributed by atoms with Crippen LogP contribution in [0.4, 0.5) is 0 Å². The van der Waals surface area contributed by atoms with E-state index in [-0.39, 0.29) is 24.7 Å². The van der Waals surface area contributed by atoms with Crippen molar-refractivity contribution in [3.63, 3.8) is 0 Å². The maximum Gasteiger partial charge on any atom is 0.251 e. The van der Waals surface area contributed by atoms with Crippen LogP contribution in [-0.2, 0) is 22.6 Å². The van der Waals surface area contributed by atoms with Gasteiger partial charge in [-0.1, -0.05) is 104 Å². The maximum atomic E-state index is 12.5. The third-order valence-electron chi connectivity index (χ3n) is 8.96. The van der Waals surface area contributed by atoms with E-state index >= 15 is 0 Å². The number of hydrogen-bond donors (Lipinski definition) is 2. The Hall–Kier alpha value is -3.81. The number of carbonyl (C=O) groups excluding carboxylic acids is 1. The summed E-state index contributed by atoms with van der Waals surface area (Å²) in [6.45, 7) is 3.67. The highest BCUT2D eigenvalue weighted by atomic mass is 16.7. The Morgan fingerprint density at radius 3 is 2.18 bits per heavy atom. The van der Waals surface area contributed by atoms with Crippen molar-refractivity contribution in [1.82, 2.24) is 10.2 Å². The van der Waals surface area contributed by atoms with Gasteiger partial charge in [0.15, 0.2) is 6.29 Å². The first-order chi connectivity index (χ1) is 22.1. The number of hydrogen-bond acceptors (Lipinski definition) is 5. The highest BCUT2D eigenvalue weighted by Crippen LogP contribution is 2.39. The number of likely N-dealkylation sites (tertiary alicyclic amines) is 1. The molecule has 0 radical (unpaired) electrons. The lowest BCUT2D eigenvalue weighted by molar-refractivity contribution is -0.253. The van der Waals surface area contributed by atoms with Gasteiger partial charge in [0.1, 0.15) is 0 Å². The fraction of sp³-hybridized carbons (Fsp3) is 0.359. The lowest BCUT2D eigenvalue weighted by atomic mass is 9.98. The van der Waals surface area contributed by atoms with Crippen molar-refractivity contribution < 1.29 is 19.4 Å². The van der Waals surface area contributed by atoms with Crippen LogP contribution in [0.25, 0.3) is 11.1 Å². The van der Waals surface area contributed by atoms with Crippen LogP contribution >= 0.6 is 0 Å². The van der Waals surface area contributed by atoms with Crippen LogP contribution in [0.2, 0.25) is 0 Å². The molecule has 0 spiro atoms. The summed E-state index contributed by atoms with van der Waals surface area (Å²) in [5.74, 6) is -0.0786. The summed E-state index contributed by atoms with van der Waals surface area (Å²) < 4.78 is 13.3. The molecule has 0 bridgehead atoms. The molecule has 2 aliphatic rings. The first kappa shape index (κ1) is 31.2. The average molecular weight is 605 g/mol. The minimum Gasteiger partial charge on any atom is -0.392 e. The van der Waals surface area contributed by atoms with Crippen molar-refractivity contribution in [3.05, 3.63) is 131 Å². The number of nitrogens with zero attached hydrogens (tertiary/aromatic N) is 1. The van der Waals surface area contributed by atoms with Gasteiger partial charge in [0.2, 0.25) is 0 Å². The Bertz CT molecular complexity index is 1500. The molecule has 234 valence electrons. The molecule has 3 unspecified atom stereocenters. The van der Waals surface area contributed by atoms with Crippen LogP contribution < -0.4 is 5.32 Å². The van der Waals surface area contributed by atoms with Gasteiger partial charge in [-0.05, 0) is 71.9 Å². The molecule has 0 aliphatic carbocycles. The second-order valence-electron chi connectivity index (χ2n) is 12.3. The third kappa shape index (κ3) is 8.47. The molecule has 6 heteroatoms. The molecule has 2 N–H and O–H groups in total. The summed E-state index contributed by atoms with van der Waals surface area (Å²) in [5.41, 5.74) is 6.91. The SMILES string of the molecule is O=C(NCc1cccc(-c2ccc(C3OC(CN4CCCCCCC4)CC(c4ccc(CO)cc4)O3)cc2)c1)c1ccccc1. The van der Waals surface area contributed by atoms with E-state index in [1.54, 1.807) is 0 Å². The first-order valence-electron chi connectivity index (χ1n) is 16.4. The Morgan fingerprint density at radius 2 is 1.44 bits per heavy atom. The second kappa shape index (κ2) is 15.5. The van der Waals surface area contributed by atoms with Crippen molar-refractivity contribution in [3.8, 4) is 11.1 Å². The van der Waals surface area contributed by atoms with Gasteiger partial charge in [0.25, 0.3) is 5.91 Å². The lowest BCUT2D eigenvalue weighted by Gasteiger charge is -2.38. The summed E-state index contributed by atoms with van der Waals surface area (Å²) in [4.78, 5) is 15.1. The molecule has 4 aromatic carbocycles. The van der Waals surface area contributed by atoms with Gasteiger partial charge in [-0.3, -0.25) is 4.79 Å². The van der Waals surface area contributed by atoms with Crippen molar-refractivity contribution >= 4 is 5.91 Å². The van der Waals surface area contributed by atoms with E-state index in [4.69, 9.17) is 9.47 Å². The van der Waals surface area contributed by atoms with Crippen molar-refractivity contribution in [2.24, 2.45) is 0 Å². The molecular formula is C39H44N2O4. The number of amides is 1. The summed E-state index contributed by atoms with van der Waals surface area (Å²) in [5, 5.41) is 12.6. The minimum absolute atomic E-state index is 0.0344. The van der Waals surface area contributed by atoms with E-state index in [0.717, 1.165) is 59.4 Å². The highest BCUT2D eigenvalue weighted by Gasteiger charge is 2.33. The van der Waals surface area contributed by atoms with Gasteiger partial charge in [-0.15, -0.1) is 0 Å². The van der Waals surface area contributed by atoms with E-state index in [1.807, 2.05) is 54.6 Å². The molecule has 0 saturated carbocycles. The van der Waals surface area contributed by atoms with Crippen LogP contribution in [0.1, 0.15) is 83.5 Å². The van der Waals surface area contributed by atoms with Gasteiger partial charge in [0, 0.05) is 30.6 Å². The molecule has 6 nitrogen and oxygen atoms in total. The number of carbonyl (C=O) groups is 1. The standard InChI is InChI=1S/C39H44N2O4/c42-28-29-14-16-32(17-15-29)37-25-36(27-41-22-7-2-1-3-8-23-41)44-39(45-37)34-20-18-31(19-21-34)35-13-9-10-30(24-35)26-40-38(43)33-11-5-4-6-12-33/h4-6,9-21,24,36-37,39,42H,1-3,7-8,22-23,25-28H2,(H,40,43). The normalized spacial score (nSPS) is 21.0. The topological polar surface area (TPSA) is 71.0 Å². The summed E-state index contributed by atoms with van der Waals surface area (Å²) in [6, 6.07) is 34.1. The molecule has 2 aliphatic heterocycles. The third-order valence-corrected chi connectivity index (χ3v) is 8.96. The smallest absolute Gasteiger partial charge is 0.251 e. The highest BCUT2D eigenvalue weighted by molar-refractivity contribution is 5.94. The van der Waals surface area contributed by atoms with E-state index in [0.29, 0.717) is 12.1 Å². The number of benzene rings is 4. The summed E-state index contributed by atoms with van der Waals surface area (Å²) in [7, 11) is 0. The van der Waals surface area contributed by atoms with Crippen molar-refractivity contribution in [2.45, 2.75) is 70.2 Å². The quantitative estimate of drug-likeness (QED) is 0.206. The molecule has 2 saturated heterocycles. The minimum atomic E-state index is -0.463. The van der Waals surface area contributed by atoms with E-state index < -0.39 is 6.29 Å². The molecule has 4 aromatic rings. The Balaban J connectivity index is 1.15. The lowest BCUT2D eigenvalue weighted by Crippen LogP contribution is -2.40. The van der Waals surface area contributed by atoms with Crippen molar-refractivity contribution in [2.75, 3.05) is 19.6 Å². The molecular weight excluding hydrogens is 560 g/mol. The first-order valence-corrected chi connectivity index (χ1v) is 16.4. The average Bonchev–Trinajstić information content (AvgIpc) is 3.09. The molecule has 2 heterocycles. The molecule has 45 heavy (non-hydrogen) atoms. The Labute approximate surface area is 267 Å². The van der Waals surface area contributed by atoms with Crippen LogP contribution in [-0.4, -0.2) is 41.7 Å². The monoisotopic (exact) mass is 604 g/mol. The molecule has 6 rings (SSSR count). The Morgan fingerprint density at radius 1 is 0.733 bits per heavy atom. The number of aliphatic hydroxyl groups is 1. The van der Waals surface area contributed by atoms with E-state index in [9.17, 15) is 9.90 Å². The van der Waals surface area contributed by atoms with Crippen LogP contribution in [0.15, 0.2) is 103 Å². The van der Waals surface area contributed by atoms with Crippen LogP contribution in [0.5, 0.6) is 0 Å². The van der Waals surface area contributed by atoms with E-state index in [1.165, 1.54) is 32.1 Å². The second-order valence-corrected chi connectivity index (χ2v) is 12.3. The number of aliphatic hydroxyl groups excluding tert-OH is 1. The fourth-order valence-electron chi connectivity index (χ4n) is 6.38. The molecule has 3 atom stereocenters. The van der Waals surface area contributed by atoms with Crippen molar-refractivity contribution in [1.29, 1.82) is 0 Å². The zero-order chi connectivity index (χ0) is 30.8. The zero-order valence-electron chi connectivity index (χ0n) is 25.9. The molecule has 1 amide bonds. The largest absolute Gasteiger partial charge is 0.392 e. The Kier molecular flexibility index (Phi) is 10.7. The molecule has 2 fully saturated rings. The predicted molar refractivity (Wildman–Crippen MR) is 177 cm³/mol. The van der Waals surface area contributed by atoms with Crippen LogP contribution in [0.3, 0.4) is 0 Å². The van der Waals surface area contributed by atoms with Gasteiger partial charge in [-0.2, -0.15) is 0 Å². The summed E-state index contributed by atoms with van der Waals surface area (Å²) >= 11 is 0. The van der Waals surface area contributed by atoms with Gasteiger partial charge >= 0.3 is 0 Å². The number of ether oxygens (including phenoxy) is 2. The molecule has 0 aromatic heterocycles. The van der Waals surface area contributed by atoms with Crippen LogP contribution in [0, 0.1) is 0 Å². The number of rotatable bonds is 9. The fourth-order valence-corrected chi connectivity index (χ4v) is 6.38. The predicted octanol–water partition coefficient (Wildman–Crippen LogP) is 7.59.